The quantitative estimate of drug-likeness (QED) is 0.517. The van der Waals surface area contributed by atoms with E-state index in [1.54, 1.807) is 11.8 Å². The first-order valence-corrected chi connectivity index (χ1v) is 7.65. The Morgan fingerprint density at radius 3 is 2.50 bits per heavy atom. The first kappa shape index (κ1) is 18.1. The van der Waals surface area contributed by atoms with Crippen LogP contribution < -0.4 is 10.6 Å². The second-order valence-corrected chi connectivity index (χ2v) is 5.63. The number of esters is 1. The van der Waals surface area contributed by atoms with Crippen LogP contribution in [0.15, 0.2) is 12.1 Å². The van der Waals surface area contributed by atoms with Crippen LogP contribution in [0.1, 0.15) is 35.7 Å². The SMILES string of the molecule is CCOC(=O)C1CCN(c2cc(N)c(C(F)(F)F)cc2C=O)CC1. The summed E-state index contributed by atoms with van der Waals surface area (Å²) in [5.74, 6) is -0.493. The number of hydrogen-bond acceptors (Lipinski definition) is 5. The predicted molar refractivity (Wildman–Crippen MR) is 82.8 cm³/mol. The van der Waals surface area contributed by atoms with Gasteiger partial charge in [0.2, 0.25) is 0 Å². The maximum absolute atomic E-state index is 12.9. The third kappa shape index (κ3) is 3.80. The van der Waals surface area contributed by atoms with Crippen molar-refractivity contribution in [3.63, 3.8) is 0 Å². The molecule has 24 heavy (non-hydrogen) atoms. The topological polar surface area (TPSA) is 72.6 Å². The number of nitrogen functional groups attached to an aromatic ring is 1. The molecular weight excluding hydrogens is 325 g/mol. The smallest absolute Gasteiger partial charge is 0.418 e. The fraction of sp³-hybridized carbons (Fsp3) is 0.500. The number of carbonyl (C=O) groups excluding carboxylic acids is 2. The summed E-state index contributed by atoms with van der Waals surface area (Å²) < 4.78 is 43.7. The molecule has 0 aliphatic carbocycles. The maximum Gasteiger partial charge on any atom is 0.418 e. The summed E-state index contributed by atoms with van der Waals surface area (Å²) in [5.41, 5.74) is 4.37. The molecule has 0 bridgehead atoms. The first-order valence-electron chi connectivity index (χ1n) is 7.65. The Labute approximate surface area is 137 Å². The number of rotatable bonds is 4. The van der Waals surface area contributed by atoms with Gasteiger partial charge in [-0.2, -0.15) is 13.2 Å². The van der Waals surface area contributed by atoms with Gasteiger partial charge >= 0.3 is 12.1 Å². The molecule has 0 atom stereocenters. The Morgan fingerprint density at radius 2 is 2.00 bits per heavy atom. The van der Waals surface area contributed by atoms with E-state index < -0.39 is 17.4 Å². The summed E-state index contributed by atoms with van der Waals surface area (Å²) in [6.45, 7) is 2.92. The molecule has 0 spiro atoms. The molecule has 0 radical (unpaired) electrons. The van der Waals surface area contributed by atoms with E-state index in [2.05, 4.69) is 0 Å². The molecule has 1 aromatic carbocycles. The van der Waals surface area contributed by atoms with Crippen molar-refractivity contribution < 1.29 is 27.5 Å². The second kappa shape index (κ2) is 7.11. The van der Waals surface area contributed by atoms with Crippen LogP contribution in [0.3, 0.4) is 0 Å². The second-order valence-electron chi connectivity index (χ2n) is 5.63. The van der Waals surface area contributed by atoms with Crippen LogP contribution >= 0.6 is 0 Å². The lowest BCUT2D eigenvalue weighted by atomic mass is 9.95. The van der Waals surface area contributed by atoms with Gasteiger partial charge in [0, 0.05) is 30.0 Å². The average molecular weight is 344 g/mol. The number of hydrogen-bond donors (Lipinski definition) is 1. The molecule has 1 aliphatic heterocycles. The van der Waals surface area contributed by atoms with Gasteiger partial charge in [-0.05, 0) is 31.9 Å². The highest BCUT2D eigenvalue weighted by Gasteiger charge is 2.35. The van der Waals surface area contributed by atoms with Crippen molar-refractivity contribution in [1.82, 2.24) is 0 Å². The van der Waals surface area contributed by atoms with Gasteiger partial charge in [-0.15, -0.1) is 0 Å². The number of nitrogens with two attached hydrogens (primary N) is 1. The van der Waals surface area contributed by atoms with Crippen LogP contribution in [-0.4, -0.2) is 32.0 Å². The van der Waals surface area contributed by atoms with E-state index in [0.29, 0.717) is 44.5 Å². The summed E-state index contributed by atoms with van der Waals surface area (Å²) >= 11 is 0. The summed E-state index contributed by atoms with van der Waals surface area (Å²) in [6.07, 6.45) is -3.20. The molecule has 8 heteroatoms. The summed E-state index contributed by atoms with van der Waals surface area (Å²) in [6, 6.07) is 1.95. The van der Waals surface area contributed by atoms with Crippen molar-refractivity contribution >= 4 is 23.6 Å². The number of piperidine rings is 1. The number of halogens is 3. The van der Waals surface area contributed by atoms with Gasteiger partial charge in [0.15, 0.2) is 6.29 Å². The minimum atomic E-state index is -4.61. The van der Waals surface area contributed by atoms with Gasteiger partial charge in [0.05, 0.1) is 18.1 Å². The van der Waals surface area contributed by atoms with Crippen molar-refractivity contribution in [3.05, 3.63) is 23.3 Å². The van der Waals surface area contributed by atoms with Crippen LogP contribution in [-0.2, 0) is 15.7 Å². The van der Waals surface area contributed by atoms with Crippen molar-refractivity contribution in [2.24, 2.45) is 5.92 Å². The molecule has 132 valence electrons. The molecule has 1 heterocycles. The van der Waals surface area contributed by atoms with E-state index in [4.69, 9.17) is 10.5 Å². The maximum atomic E-state index is 12.9. The molecule has 2 rings (SSSR count). The van der Waals surface area contributed by atoms with Gasteiger partial charge in [-0.3, -0.25) is 9.59 Å². The number of alkyl halides is 3. The molecule has 0 unspecified atom stereocenters. The molecule has 1 saturated heterocycles. The Balaban J connectivity index is 2.20. The van der Waals surface area contributed by atoms with Gasteiger partial charge in [-0.25, -0.2) is 0 Å². The van der Waals surface area contributed by atoms with E-state index in [-0.39, 0.29) is 17.5 Å². The lowest BCUT2D eigenvalue weighted by Crippen LogP contribution is -2.37. The molecule has 1 aliphatic rings. The van der Waals surface area contributed by atoms with E-state index in [9.17, 15) is 22.8 Å². The molecule has 5 nitrogen and oxygen atoms in total. The van der Waals surface area contributed by atoms with Crippen LogP contribution in [0.2, 0.25) is 0 Å². The number of anilines is 2. The average Bonchev–Trinajstić information content (AvgIpc) is 2.54. The largest absolute Gasteiger partial charge is 0.466 e. The van der Waals surface area contributed by atoms with Crippen molar-refractivity contribution in [3.8, 4) is 0 Å². The highest BCUT2D eigenvalue weighted by atomic mass is 19.4. The fourth-order valence-corrected chi connectivity index (χ4v) is 2.85. The zero-order valence-corrected chi connectivity index (χ0v) is 13.2. The van der Waals surface area contributed by atoms with Crippen LogP contribution in [0.5, 0.6) is 0 Å². The van der Waals surface area contributed by atoms with Crippen LogP contribution in [0.25, 0.3) is 0 Å². The number of nitrogens with zero attached hydrogens (tertiary/aromatic N) is 1. The lowest BCUT2D eigenvalue weighted by Gasteiger charge is -2.33. The fourth-order valence-electron chi connectivity index (χ4n) is 2.85. The van der Waals surface area contributed by atoms with Crippen molar-refractivity contribution in [2.75, 3.05) is 30.3 Å². The van der Waals surface area contributed by atoms with Gasteiger partial charge < -0.3 is 15.4 Å². The van der Waals surface area contributed by atoms with Gasteiger partial charge in [0.25, 0.3) is 0 Å². The molecule has 0 amide bonds. The summed E-state index contributed by atoms with van der Waals surface area (Å²) in [5, 5.41) is 0. The van der Waals surface area contributed by atoms with E-state index in [1.165, 1.54) is 6.07 Å². The van der Waals surface area contributed by atoms with Gasteiger partial charge in [-0.1, -0.05) is 0 Å². The Bertz CT molecular complexity index is 624. The normalized spacial score (nSPS) is 16.1. The molecule has 1 aromatic rings. The predicted octanol–water partition coefficient (Wildman–Crippen LogP) is 2.88. The third-order valence-electron chi connectivity index (χ3n) is 4.09. The van der Waals surface area contributed by atoms with E-state index in [1.807, 2.05) is 0 Å². The summed E-state index contributed by atoms with van der Waals surface area (Å²) in [4.78, 5) is 24.7. The number of ether oxygens (including phenoxy) is 1. The number of carbonyl (C=O) groups is 2. The lowest BCUT2D eigenvalue weighted by molar-refractivity contribution is -0.148. The summed E-state index contributed by atoms with van der Waals surface area (Å²) in [7, 11) is 0. The van der Waals surface area contributed by atoms with E-state index in [0.717, 1.165) is 6.07 Å². The standard InChI is InChI=1S/C16H19F3N2O3/c1-2-24-15(23)10-3-5-21(6-4-10)14-8-13(20)12(16(17,18)19)7-11(14)9-22/h7-10H,2-6,20H2,1H3. The molecule has 0 saturated carbocycles. The van der Waals surface area contributed by atoms with Crippen molar-refractivity contribution in [2.45, 2.75) is 25.9 Å². The Kier molecular flexibility index (Phi) is 5.36. The highest BCUT2D eigenvalue weighted by Crippen LogP contribution is 2.38. The Morgan fingerprint density at radius 1 is 1.38 bits per heavy atom. The highest BCUT2D eigenvalue weighted by molar-refractivity contribution is 5.87. The van der Waals surface area contributed by atoms with Crippen LogP contribution in [0.4, 0.5) is 24.5 Å². The molecule has 0 aromatic heterocycles. The molecule has 2 N–H and O–H groups in total. The molecular formula is C16H19F3N2O3. The monoisotopic (exact) mass is 344 g/mol. The minimum Gasteiger partial charge on any atom is -0.466 e. The number of aldehydes is 1. The third-order valence-corrected chi connectivity index (χ3v) is 4.09. The van der Waals surface area contributed by atoms with E-state index >= 15 is 0 Å². The minimum absolute atomic E-state index is 0.0638. The Hall–Kier alpha value is -2.25. The molecule has 1 fully saturated rings. The van der Waals surface area contributed by atoms with Crippen LogP contribution in [0, 0.1) is 5.92 Å². The van der Waals surface area contributed by atoms with Crippen molar-refractivity contribution in [1.29, 1.82) is 0 Å². The first-order chi connectivity index (χ1) is 11.3. The van der Waals surface area contributed by atoms with Gasteiger partial charge in [0.1, 0.15) is 0 Å². The zero-order valence-electron chi connectivity index (χ0n) is 13.2. The number of benzene rings is 1. The zero-order chi connectivity index (χ0) is 17.9.